The normalized spacial score (nSPS) is 9.74. The highest BCUT2D eigenvalue weighted by molar-refractivity contribution is 9.10. The van der Waals surface area contributed by atoms with E-state index in [2.05, 4.69) is 32.3 Å². The number of rotatable bonds is 2. The summed E-state index contributed by atoms with van der Waals surface area (Å²) in [7, 11) is 0. The summed E-state index contributed by atoms with van der Waals surface area (Å²) >= 11 is 3.27. The number of anilines is 1. The van der Waals surface area contributed by atoms with Gasteiger partial charge in [-0.15, -0.1) is 0 Å². The van der Waals surface area contributed by atoms with E-state index in [1.807, 2.05) is 13.0 Å². The van der Waals surface area contributed by atoms with Gasteiger partial charge in [0.25, 0.3) is 5.91 Å². The molecular formula is C14H10BrN3O. The quantitative estimate of drug-likeness (QED) is 0.924. The van der Waals surface area contributed by atoms with Crippen molar-refractivity contribution in [2.24, 2.45) is 0 Å². The minimum Gasteiger partial charge on any atom is -0.319 e. The number of aryl methyl sites for hydroxylation is 1. The first-order valence-corrected chi connectivity index (χ1v) is 6.34. The van der Waals surface area contributed by atoms with E-state index in [9.17, 15) is 4.79 Å². The first kappa shape index (κ1) is 13.2. The van der Waals surface area contributed by atoms with Crippen molar-refractivity contribution < 1.29 is 4.79 Å². The van der Waals surface area contributed by atoms with E-state index in [0.717, 1.165) is 5.56 Å². The number of pyridine rings is 1. The van der Waals surface area contributed by atoms with Gasteiger partial charge in [-0.25, -0.2) is 4.98 Å². The molecule has 1 aromatic carbocycles. The van der Waals surface area contributed by atoms with E-state index in [1.165, 1.54) is 0 Å². The van der Waals surface area contributed by atoms with Crippen molar-refractivity contribution in [3.63, 3.8) is 0 Å². The predicted octanol–water partition coefficient (Wildman–Crippen LogP) is 3.28. The van der Waals surface area contributed by atoms with Gasteiger partial charge in [-0.3, -0.25) is 4.79 Å². The molecule has 0 unspecified atom stereocenters. The molecule has 2 aromatic rings. The summed E-state index contributed by atoms with van der Waals surface area (Å²) in [5.41, 5.74) is 2.06. The summed E-state index contributed by atoms with van der Waals surface area (Å²) in [5, 5.41) is 11.8. The van der Waals surface area contributed by atoms with E-state index >= 15 is 0 Å². The number of benzene rings is 1. The van der Waals surface area contributed by atoms with Crippen molar-refractivity contribution in [2.75, 3.05) is 5.32 Å². The van der Waals surface area contributed by atoms with E-state index in [4.69, 9.17) is 5.26 Å². The van der Waals surface area contributed by atoms with Gasteiger partial charge < -0.3 is 5.32 Å². The first-order valence-electron chi connectivity index (χ1n) is 5.55. The number of nitriles is 1. The second kappa shape index (κ2) is 5.63. The van der Waals surface area contributed by atoms with Crippen LogP contribution in [0, 0.1) is 18.3 Å². The maximum atomic E-state index is 12.1. The van der Waals surface area contributed by atoms with Crippen LogP contribution < -0.4 is 5.32 Å². The number of nitrogens with zero attached hydrogens (tertiary/aromatic N) is 2. The number of amides is 1. The minimum absolute atomic E-state index is 0.285. The second-order valence-corrected chi connectivity index (χ2v) is 4.75. The smallest absolute Gasteiger partial charge is 0.275 e. The largest absolute Gasteiger partial charge is 0.319 e. The van der Waals surface area contributed by atoms with Crippen molar-refractivity contribution >= 4 is 27.5 Å². The van der Waals surface area contributed by atoms with E-state index in [-0.39, 0.29) is 11.6 Å². The number of aromatic nitrogens is 1. The Kier molecular flexibility index (Phi) is 3.93. The average Bonchev–Trinajstić information content (AvgIpc) is 2.39. The topological polar surface area (TPSA) is 65.8 Å². The zero-order valence-electron chi connectivity index (χ0n) is 10.1. The lowest BCUT2D eigenvalue weighted by molar-refractivity contribution is 0.102. The predicted molar refractivity (Wildman–Crippen MR) is 75.8 cm³/mol. The van der Waals surface area contributed by atoms with Gasteiger partial charge in [0.15, 0.2) is 0 Å². The van der Waals surface area contributed by atoms with Gasteiger partial charge in [0.2, 0.25) is 0 Å². The molecule has 0 aliphatic carbocycles. The highest BCUT2D eigenvalue weighted by Gasteiger charge is 2.13. The van der Waals surface area contributed by atoms with Crippen LogP contribution in [0.3, 0.4) is 0 Å². The van der Waals surface area contributed by atoms with Crippen LogP contribution in [0.25, 0.3) is 0 Å². The molecule has 2 rings (SSSR count). The number of hydrogen-bond acceptors (Lipinski definition) is 3. The lowest BCUT2D eigenvalue weighted by Crippen LogP contribution is -2.15. The Morgan fingerprint density at radius 1 is 1.37 bits per heavy atom. The number of nitrogens with one attached hydrogen (secondary N) is 1. The van der Waals surface area contributed by atoms with Gasteiger partial charge in [-0.05, 0) is 46.6 Å². The average molecular weight is 316 g/mol. The third kappa shape index (κ3) is 2.80. The SMILES string of the molecule is Cc1cccc(NC(=O)c2ncccc2Br)c1C#N. The lowest BCUT2D eigenvalue weighted by Gasteiger charge is -2.09. The summed E-state index contributed by atoms with van der Waals surface area (Å²) in [5.74, 6) is -0.352. The lowest BCUT2D eigenvalue weighted by atomic mass is 10.1. The molecule has 1 N–H and O–H groups in total. The zero-order valence-corrected chi connectivity index (χ0v) is 11.7. The summed E-state index contributed by atoms with van der Waals surface area (Å²) in [6.45, 7) is 1.82. The molecule has 0 radical (unpaired) electrons. The van der Waals surface area contributed by atoms with Crippen molar-refractivity contribution in [3.05, 3.63) is 57.8 Å². The van der Waals surface area contributed by atoms with Crippen molar-refractivity contribution in [1.82, 2.24) is 4.98 Å². The van der Waals surface area contributed by atoms with Crippen LogP contribution in [-0.4, -0.2) is 10.9 Å². The molecule has 4 nitrogen and oxygen atoms in total. The van der Waals surface area contributed by atoms with E-state index in [1.54, 1.807) is 30.5 Å². The Labute approximate surface area is 119 Å². The standard InChI is InChI=1S/C14H10BrN3O/c1-9-4-2-6-12(10(9)8-16)18-14(19)13-11(15)5-3-7-17-13/h2-7H,1H3,(H,18,19). The fourth-order valence-corrected chi connectivity index (χ4v) is 2.09. The molecule has 0 bridgehead atoms. The Morgan fingerprint density at radius 3 is 2.84 bits per heavy atom. The molecular weight excluding hydrogens is 306 g/mol. The van der Waals surface area contributed by atoms with Crippen molar-refractivity contribution in [2.45, 2.75) is 6.92 Å². The third-order valence-electron chi connectivity index (χ3n) is 2.61. The van der Waals surface area contributed by atoms with Crippen LogP contribution in [0.5, 0.6) is 0 Å². The maximum absolute atomic E-state index is 12.1. The number of halogens is 1. The summed E-state index contributed by atoms with van der Waals surface area (Å²) < 4.78 is 0.610. The highest BCUT2D eigenvalue weighted by Crippen LogP contribution is 2.20. The Bertz CT molecular complexity index is 677. The molecule has 0 aliphatic rings. The van der Waals surface area contributed by atoms with Gasteiger partial charge in [0.05, 0.1) is 11.3 Å². The van der Waals surface area contributed by atoms with E-state index in [0.29, 0.717) is 15.7 Å². The molecule has 5 heteroatoms. The molecule has 0 atom stereocenters. The molecule has 19 heavy (non-hydrogen) atoms. The third-order valence-corrected chi connectivity index (χ3v) is 3.25. The fourth-order valence-electron chi connectivity index (χ4n) is 1.65. The van der Waals surface area contributed by atoms with Crippen LogP contribution in [0.4, 0.5) is 5.69 Å². The van der Waals surface area contributed by atoms with Gasteiger partial charge in [-0.1, -0.05) is 12.1 Å². The van der Waals surface area contributed by atoms with Crippen LogP contribution in [0.1, 0.15) is 21.6 Å². The summed E-state index contributed by atoms with van der Waals surface area (Å²) in [6.07, 6.45) is 1.54. The van der Waals surface area contributed by atoms with Crippen LogP contribution >= 0.6 is 15.9 Å². The molecule has 0 saturated carbocycles. The van der Waals surface area contributed by atoms with Gasteiger partial charge >= 0.3 is 0 Å². The van der Waals surface area contributed by atoms with Gasteiger partial charge in [0.1, 0.15) is 11.8 Å². The van der Waals surface area contributed by atoms with Gasteiger partial charge in [0, 0.05) is 10.7 Å². The molecule has 0 fully saturated rings. The number of carbonyl (C=O) groups is 1. The van der Waals surface area contributed by atoms with Crippen molar-refractivity contribution in [3.8, 4) is 6.07 Å². The van der Waals surface area contributed by atoms with Crippen LogP contribution in [-0.2, 0) is 0 Å². The van der Waals surface area contributed by atoms with Gasteiger partial charge in [-0.2, -0.15) is 5.26 Å². The van der Waals surface area contributed by atoms with Crippen LogP contribution in [0.15, 0.2) is 41.0 Å². The van der Waals surface area contributed by atoms with E-state index < -0.39 is 0 Å². The molecule has 0 aliphatic heterocycles. The Hall–Kier alpha value is -2.19. The summed E-state index contributed by atoms with van der Waals surface area (Å²) in [4.78, 5) is 16.1. The fraction of sp³-hybridized carbons (Fsp3) is 0.0714. The molecule has 0 saturated heterocycles. The summed E-state index contributed by atoms with van der Waals surface area (Å²) in [6, 6.07) is 10.9. The first-order chi connectivity index (χ1) is 9.13. The molecule has 94 valence electrons. The van der Waals surface area contributed by atoms with Crippen molar-refractivity contribution in [1.29, 1.82) is 5.26 Å². The molecule has 0 spiro atoms. The minimum atomic E-state index is -0.352. The monoisotopic (exact) mass is 315 g/mol. The molecule has 1 heterocycles. The Morgan fingerprint density at radius 2 is 2.16 bits per heavy atom. The number of carbonyl (C=O) groups excluding carboxylic acids is 1. The second-order valence-electron chi connectivity index (χ2n) is 3.90. The Balaban J connectivity index is 2.33. The van der Waals surface area contributed by atoms with Crippen LogP contribution in [0.2, 0.25) is 0 Å². The maximum Gasteiger partial charge on any atom is 0.275 e. The number of hydrogen-bond donors (Lipinski definition) is 1. The molecule has 1 amide bonds. The zero-order chi connectivity index (χ0) is 13.8. The molecule has 1 aromatic heterocycles. The highest BCUT2D eigenvalue weighted by atomic mass is 79.9.